The van der Waals surface area contributed by atoms with Crippen LogP contribution in [0.15, 0.2) is 57.7 Å². The van der Waals surface area contributed by atoms with Crippen molar-refractivity contribution >= 4 is 44.8 Å². The standard InChI is InChI=1S/C18H15N5O2S2/c1-25-12-8-6-11(7-9-12)19-17-22-23-18(27-17)26-10-15-20-14-5-3-2-4-13(14)16(24)21-15/h2-9H,10H2,1H3,(H,19,22)(H,20,21,24). The second-order valence-corrected chi connectivity index (χ2v) is 7.75. The lowest BCUT2D eigenvalue weighted by Gasteiger charge is -2.03. The maximum Gasteiger partial charge on any atom is 0.258 e. The van der Waals surface area contributed by atoms with E-state index in [0.29, 0.717) is 27.6 Å². The summed E-state index contributed by atoms with van der Waals surface area (Å²) in [5, 5.41) is 12.8. The van der Waals surface area contributed by atoms with Crippen molar-refractivity contribution in [2.75, 3.05) is 12.4 Å². The molecule has 136 valence electrons. The molecule has 7 nitrogen and oxygen atoms in total. The summed E-state index contributed by atoms with van der Waals surface area (Å²) in [5.74, 6) is 1.92. The lowest BCUT2D eigenvalue weighted by molar-refractivity contribution is 0.415. The quantitative estimate of drug-likeness (QED) is 0.478. The fraction of sp³-hybridized carbons (Fsp3) is 0.111. The van der Waals surface area contributed by atoms with Crippen LogP contribution in [0.1, 0.15) is 5.82 Å². The molecule has 9 heteroatoms. The van der Waals surface area contributed by atoms with Gasteiger partial charge in [0.1, 0.15) is 11.6 Å². The summed E-state index contributed by atoms with van der Waals surface area (Å²) < 4.78 is 5.94. The van der Waals surface area contributed by atoms with Gasteiger partial charge in [-0.3, -0.25) is 4.79 Å². The highest BCUT2D eigenvalue weighted by atomic mass is 32.2. The van der Waals surface area contributed by atoms with Gasteiger partial charge < -0.3 is 15.0 Å². The molecule has 2 aromatic heterocycles. The first-order chi connectivity index (χ1) is 13.2. The minimum absolute atomic E-state index is 0.129. The molecule has 0 fully saturated rings. The fourth-order valence-electron chi connectivity index (χ4n) is 2.45. The molecule has 0 saturated carbocycles. The zero-order chi connectivity index (χ0) is 18.6. The fourth-order valence-corrected chi connectivity index (χ4v) is 4.09. The Morgan fingerprint density at radius 2 is 1.96 bits per heavy atom. The van der Waals surface area contributed by atoms with Gasteiger partial charge in [-0.15, -0.1) is 10.2 Å². The van der Waals surface area contributed by atoms with Gasteiger partial charge in [-0.1, -0.05) is 35.2 Å². The number of hydrogen-bond acceptors (Lipinski definition) is 8. The molecule has 4 rings (SSSR count). The number of nitrogens with zero attached hydrogens (tertiary/aromatic N) is 3. The minimum atomic E-state index is -0.129. The molecular formula is C18H15N5O2S2. The Hall–Kier alpha value is -2.91. The molecular weight excluding hydrogens is 382 g/mol. The number of fused-ring (bicyclic) bond motifs is 1. The van der Waals surface area contributed by atoms with E-state index in [1.165, 1.54) is 23.1 Å². The number of aromatic nitrogens is 4. The van der Waals surface area contributed by atoms with Crippen molar-refractivity contribution in [1.82, 2.24) is 20.2 Å². The van der Waals surface area contributed by atoms with Crippen molar-refractivity contribution in [2.24, 2.45) is 0 Å². The third kappa shape index (κ3) is 4.09. The number of rotatable bonds is 6. The van der Waals surface area contributed by atoms with Gasteiger partial charge >= 0.3 is 0 Å². The molecule has 0 atom stereocenters. The molecule has 27 heavy (non-hydrogen) atoms. The van der Waals surface area contributed by atoms with Crippen LogP contribution in [0.5, 0.6) is 5.75 Å². The van der Waals surface area contributed by atoms with Crippen LogP contribution in [0, 0.1) is 0 Å². The van der Waals surface area contributed by atoms with Gasteiger partial charge in [-0.05, 0) is 36.4 Å². The highest BCUT2D eigenvalue weighted by molar-refractivity contribution is 8.00. The molecule has 2 aromatic carbocycles. The molecule has 2 N–H and O–H groups in total. The van der Waals surface area contributed by atoms with Crippen molar-refractivity contribution in [3.8, 4) is 5.75 Å². The first-order valence-electron chi connectivity index (χ1n) is 8.06. The maximum absolute atomic E-state index is 12.1. The summed E-state index contributed by atoms with van der Waals surface area (Å²) >= 11 is 2.92. The van der Waals surface area contributed by atoms with E-state index < -0.39 is 0 Å². The summed E-state index contributed by atoms with van der Waals surface area (Å²) in [7, 11) is 1.63. The Morgan fingerprint density at radius 1 is 1.15 bits per heavy atom. The smallest absolute Gasteiger partial charge is 0.258 e. The van der Waals surface area contributed by atoms with Crippen molar-refractivity contribution in [3.63, 3.8) is 0 Å². The molecule has 0 radical (unpaired) electrons. The lowest BCUT2D eigenvalue weighted by atomic mass is 10.2. The maximum atomic E-state index is 12.1. The summed E-state index contributed by atoms with van der Waals surface area (Å²) in [6.07, 6.45) is 0. The van der Waals surface area contributed by atoms with Gasteiger partial charge in [-0.2, -0.15) is 0 Å². The Labute approximate surface area is 162 Å². The molecule has 0 aliphatic carbocycles. The Kier molecular flexibility index (Phi) is 5.03. The third-order valence-electron chi connectivity index (χ3n) is 3.74. The third-order valence-corrected chi connectivity index (χ3v) is 5.73. The summed E-state index contributed by atoms with van der Waals surface area (Å²) in [4.78, 5) is 19.4. The molecule has 0 unspecified atom stereocenters. The number of aromatic amines is 1. The predicted molar refractivity (Wildman–Crippen MR) is 108 cm³/mol. The van der Waals surface area contributed by atoms with E-state index in [1.807, 2.05) is 42.5 Å². The number of nitrogens with one attached hydrogen (secondary N) is 2. The first kappa shape index (κ1) is 17.5. The average molecular weight is 397 g/mol. The van der Waals surface area contributed by atoms with E-state index in [2.05, 4.69) is 25.5 Å². The lowest BCUT2D eigenvalue weighted by Crippen LogP contribution is -2.11. The van der Waals surface area contributed by atoms with E-state index in [0.717, 1.165) is 15.8 Å². The van der Waals surface area contributed by atoms with Crippen LogP contribution in [-0.2, 0) is 5.75 Å². The number of para-hydroxylation sites is 1. The van der Waals surface area contributed by atoms with Crippen molar-refractivity contribution in [2.45, 2.75) is 10.1 Å². The van der Waals surface area contributed by atoms with Gasteiger partial charge in [0, 0.05) is 5.69 Å². The van der Waals surface area contributed by atoms with Gasteiger partial charge in [0.25, 0.3) is 5.56 Å². The molecule has 4 aromatic rings. The summed E-state index contributed by atoms with van der Waals surface area (Å²) in [6, 6.07) is 14.9. The van der Waals surface area contributed by atoms with Crippen LogP contribution in [-0.4, -0.2) is 27.3 Å². The van der Waals surface area contributed by atoms with Crippen LogP contribution < -0.4 is 15.6 Å². The normalized spacial score (nSPS) is 10.9. The second kappa shape index (κ2) is 7.77. The largest absolute Gasteiger partial charge is 0.497 e. The molecule has 0 bridgehead atoms. The van der Waals surface area contributed by atoms with Crippen LogP contribution >= 0.6 is 23.1 Å². The van der Waals surface area contributed by atoms with Gasteiger partial charge in [0.15, 0.2) is 4.34 Å². The van der Waals surface area contributed by atoms with Crippen LogP contribution in [0.3, 0.4) is 0 Å². The average Bonchev–Trinajstić information content (AvgIpc) is 3.14. The first-order valence-corrected chi connectivity index (χ1v) is 9.87. The monoisotopic (exact) mass is 397 g/mol. The number of thioether (sulfide) groups is 1. The Morgan fingerprint density at radius 3 is 2.78 bits per heavy atom. The van der Waals surface area contributed by atoms with Gasteiger partial charge in [-0.25, -0.2) is 4.98 Å². The summed E-state index contributed by atoms with van der Waals surface area (Å²) in [5.41, 5.74) is 1.47. The van der Waals surface area contributed by atoms with Crippen LogP contribution in [0.2, 0.25) is 0 Å². The van der Waals surface area contributed by atoms with Gasteiger partial charge in [0.05, 0.1) is 23.8 Å². The molecule has 2 heterocycles. The summed E-state index contributed by atoms with van der Waals surface area (Å²) in [6.45, 7) is 0. The van der Waals surface area contributed by atoms with E-state index >= 15 is 0 Å². The Bertz CT molecular complexity index is 1120. The highest BCUT2D eigenvalue weighted by Gasteiger charge is 2.08. The SMILES string of the molecule is COc1ccc(Nc2nnc(SCc3nc4ccccc4c(=O)[nH]3)s2)cc1. The predicted octanol–water partition coefficient (Wildman–Crippen LogP) is 3.82. The number of methoxy groups -OCH3 is 1. The molecule has 0 saturated heterocycles. The van der Waals surface area contributed by atoms with E-state index in [9.17, 15) is 4.79 Å². The Balaban J connectivity index is 1.43. The molecule has 0 amide bonds. The minimum Gasteiger partial charge on any atom is -0.497 e. The zero-order valence-electron chi connectivity index (χ0n) is 14.3. The van der Waals surface area contributed by atoms with E-state index in [1.54, 1.807) is 13.2 Å². The number of H-pyrrole nitrogens is 1. The van der Waals surface area contributed by atoms with Crippen molar-refractivity contribution in [1.29, 1.82) is 0 Å². The number of ether oxygens (including phenoxy) is 1. The highest BCUT2D eigenvalue weighted by Crippen LogP contribution is 2.29. The molecule has 0 aliphatic rings. The second-order valence-electron chi connectivity index (χ2n) is 5.55. The molecule has 0 spiro atoms. The van der Waals surface area contributed by atoms with Gasteiger partial charge in [0.2, 0.25) is 5.13 Å². The zero-order valence-corrected chi connectivity index (χ0v) is 15.9. The van der Waals surface area contributed by atoms with Crippen molar-refractivity contribution < 1.29 is 4.74 Å². The van der Waals surface area contributed by atoms with Crippen LogP contribution in [0.4, 0.5) is 10.8 Å². The number of benzene rings is 2. The van der Waals surface area contributed by atoms with Crippen molar-refractivity contribution in [3.05, 3.63) is 64.7 Å². The number of anilines is 2. The van der Waals surface area contributed by atoms with Crippen LogP contribution in [0.25, 0.3) is 10.9 Å². The number of hydrogen-bond donors (Lipinski definition) is 2. The topological polar surface area (TPSA) is 92.8 Å². The van der Waals surface area contributed by atoms with E-state index in [-0.39, 0.29) is 5.56 Å². The van der Waals surface area contributed by atoms with E-state index in [4.69, 9.17) is 4.74 Å². The molecule has 0 aliphatic heterocycles.